The third-order valence-electron chi connectivity index (χ3n) is 5.81. The van der Waals surface area contributed by atoms with Gasteiger partial charge in [-0.15, -0.1) is 0 Å². The molecule has 0 fully saturated rings. The van der Waals surface area contributed by atoms with E-state index in [0.717, 1.165) is 41.5 Å². The second kappa shape index (κ2) is 8.22. The van der Waals surface area contributed by atoms with Gasteiger partial charge in [0.2, 0.25) is 5.89 Å². The molecule has 1 atom stereocenters. The summed E-state index contributed by atoms with van der Waals surface area (Å²) in [5.41, 5.74) is 6.24. The Kier molecular flexibility index (Phi) is 5.52. The molecule has 28 heavy (non-hydrogen) atoms. The summed E-state index contributed by atoms with van der Waals surface area (Å²) in [5, 5.41) is 0. The Morgan fingerprint density at radius 3 is 2.68 bits per heavy atom. The van der Waals surface area contributed by atoms with Crippen LogP contribution in [0.25, 0.3) is 11.5 Å². The lowest BCUT2D eigenvalue weighted by Gasteiger charge is -2.10. The van der Waals surface area contributed by atoms with Gasteiger partial charge in [0.15, 0.2) is 0 Å². The SMILES string of the molecule is CCc1oc(-c2ccc(C)cc2)nc1CCOc1ccc2c(c1)CC[C@H]2CC. The number of aromatic nitrogens is 1. The van der Waals surface area contributed by atoms with Crippen LogP contribution in [0.2, 0.25) is 0 Å². The van der Waals surface area contributed by atoms with Crippen molar-refractivity contribution in [2.24, 2.45) is 0 Å². The lowest BCUT2D eigenvalue weighted by atomic mass is 9.99. The van der Waals surface area contributed by atoms with Crippen molar-refractivity contribution in [1.29, 1.82) is 0 Å². The van der Waals surface area contributed by atoms with E-state index in [2.05, 4.69) is 63.2 Å². The number of oxazole rings is 1. The lowest BCUT2D eigenvalue weighted by Crippen LogP contribution is -2.04. The normalized spacial score (nSPS) is 15.6. The van der Waals surface area contributed by atoms with Gasteiger partial charge in [0, 0.05) is 18.4 Å². The fraction of sp³-hybridized carbons (Fsp3) is 0.400. The van der Waals surface area contributed by atoms with Crippen LogP contribution in [0.15, 0.2) is 46.9 Å². The number of aryl methyl sites for hydroxylation is 3. The van der Waals surface area contributed by atoms with Gasteiger partial charge >= 0.3 is 0 Å². The van der Waals surface area contributed by atoms with E-state index < -0.39 is 0 Å². The van der Waals surface area contributed by atoms with Crippen LogP contribution in [0.5, 0.6) is 5.75 Å². The second-order valence-electron chi connectivity index (χ2n) is 7.71. The van der Waals surface area contributed by atoms with E-state index in [4.69, 9.17) is 14.1 Å². The predicted molar refractivity (Wildman–Crippen MR) is 113 cm³/mol. The first-order valence-electron chi connectivity index (χ1n) is 10.5. The quantitative estimate of drug-likeness (QED) is 0.488. The molecule has 3 nitrogen and oxygen atoms in total. The summed E-state index contributed by atoms with van der Waals surface area (Å²) in [6, 6.07) is 14.9. The topological polar surface area (TPSA) is 35.3 Å². The molecule has 146 valence electrons. The molecule has 0 aliphatic heterocycles. The Morgan fingerprint density at radius 1 is 1.11 bits per heavy atom. The van der Waals surface area contributed by atoms with Gasteiger partial charge in [0.25, 0.3) is 0 Å². The van der Waals surface area contributed by atoms with E-state index in [1.165, 1.54) is 36.0 Å². The minimum atomic E-state index is 0.614. The van der Waals surface area contributed by atoms with Gasteiger partial charge in [-0.25, -0.2) is 4.98 Å². The lowest BCUT2D eigenvalue weighted by molar-refractivity contribution is 0.319. The van der Waals surface area contributed by atoms with E-state index in [-0.39, 0.29) is 0 Å². The van der Waals surface area contributed by atoms with Crippen molar-refractivity contribution in [3.63, 3.8) is 0 Å². The highest BCUT2D eigenvalue weighted by atomic mass is 16.5. The van der Waals surface area contributed by atoms with Crippen LogP contribution in [-0.2, 0) is 19.3 Å². The van der Waals surface area contributed by atoms with Crippen LogP contribution >= 0.6 is 0 Å². The van der Waals surface area contributed by atoms with Gasteiger partial charge in [-0.3, -0.25) is 0 Å². The van der Waals surface area contributed by atoms with Crippen molar-refractivity contribution in [3.8, 4) is 17.2 Å². The Morgan fingerprint density at radius 2 is 1.93 bits per heavy atom. The highest BCUT2D eigenvalue weighted by Gasteiger charge is 2.21. The molecule has 3 aromatic rings. The molecule has 0 amide bonds. The van der Waals surface area contributed by atoms with Gasteiger partial charge in [-0.1, -0.05) is 37.6 Å². The molecule has 1 aliphatic rings. The zero-order valence-corrected chi connectivity index (χ0v) is 17.1. The predicted octanol–water partition coefficient (Wildman–Crippen LogP) is 6.27. The minimum Gasteiger partial charge on any atom is -0.493 e. The molecule has 0 N–H and O–H groups in total. The number of hydrogen-bond acceptors (Lipinski definition) is 3. The molecule has 0 unspecified atom stereocenters. The molecule has 0 saturated heterocycles. The van der Waals surface area contributed by atoms with Crippen molar-refractivity contribution < 1.29 is 9.15 Å². The molecule has 0 saturated carbocycles. The smallest absolute Gasteiger partial charge is 0.226 e. The van der Waals surface area contributed by atoms with Crippen molar-refractivity contribution in [2.75, 3.05) is 6.61 Å². The minimum absolute atomic E-state index is 0.614. The van der Waals surface area contributed by atoms with Gasteiger partial charge in [0.05, 0.1) is 12.3 Å². The van der Waals surface area contributed by atoms with Crippen molar-refractivity contribution in [2.45, 2.75) is 58.8 Å². The molecule has 2 aromatic carbocycles. The molecule has 4 rings (SSSR count). The fourth-order valence-corrected chi connectivity index (χ4v) is 4.14. The van der Waals surface area contributed by atoms with E-state index >= 15 is 0 Å². The van der Waals surface area contributed by atoms with E-state index in [1.54, 1.807) is 0 Å². The molecule has 0 bridgehead atoms. The molecule has 1 aliphatic carbocycles. The van der Waals surface area contributed by atoms with Crippen LogP contribution in [-0.4, -0.2) is 11.6 Å². The Hall–Kier alpha value is -2.55. The third kappa shape index (κ3) is 3.84. The molecule has 0 spiro atoms. The summed E-state index contributed by atoms with van der Waals surface area (Å²) in [6.45, 7) is 7.08. The van der Waals surface area contributed by atoms with Crippen LogP contribution < -0.4 is 4.74 Å². The standard InChI is InChI=1S/C25H29NO2/c1-4-18-10-11-20-16-21(12-13-22(18)20)27-15-14-23-24(5-2)28-25(26-23)19-8-6-17(3)7-9-19/h6-9,12-13,16,18H,4-5,10-11,14-15H2,1-3H3/t18-/m1/s1. The maximum Gasteiger partial charge on any atom is 0.226 e. The van der Waals surface area contributed by atoms with Crippen LogP contribution in [0.3, 0.4) is 0 Å². The Labute approximate surface area is 167 Å². The van der Waals surface area contributed by atoms with Crippen molar-refractivity contribution >= 4 is 0 Å². The molecule has 3 heteroatoms. The summed E-state index contributed by atoms with van der Waals surface area (Å²) in [6.07, 6.45) is 5.27. The number of rotatable bonds is 7. The summed E-state index contributed by atoms with van der Waals surface area (Å²) >= 11 is 0. The average Bonchev–Trinajstić information content (AvgIpc) is 3.32. The highest BCUT2D eigenvalue weighted by Crippen LogP contribution is 2.37. The van der Waals surface area contributed by atoms with Crippen molar-refractivity contribution in [1.82, 2.24) is 4.98 Å². The molecule has 1 aromatic heterocycles. The van der Waals surface area contributed by atoms with E-state index in [9.17, 15) is 0 Å². The first kappa shape index (κ1) is 18.8. The molecule has 1 heterocycles. The van der Waals surface area contributed by atoms with Gasteiger partial charge in [0.1, 0.15) is 11.5 Å². The molecular weight excluding hydrogens is 346 g/mol. The average molecular weight is 376 g/mol. The second-order valence-corrected chi connectivity index (χ2v) is 7.71. The van der Waals surface area contributed by atoms with E-state index in [1.807, 2.05) is 0 Å². The number of fused-ring (bicyclic) bond motifs is 1. The summed E-state index contributed by atoms with van der Waals surface area (Å²) in [4.78, 5) is 4.74. The van der Waals surface area contributed by atoms with Gasteiger partial charge < -0.3 is 9.15 Å². The summed E-state index contributed by atoms with van der Waals surface area (Å²) in [5.74, 6) is 3.36. The Bertz CT molecular complexity index is 940. The zero-order valence-electron chi connectivity index (χ0n) is 17.1. The first-order chi connectivity index (χ1) is 13.7. The zero-order chi connectivity index (χ0) is 19.5. The van der Waals surface area contributed by atoms with Gasteiger partial charge in [-0.2, -0.15) is 0 Å². The van der Waals surface area contributed by atoms with E-state index in [0.29, 0.717) is 12.5 Å². The van der Waals surface area contributed by atoms with Crippen LogP contribution in [0, 0.1) is 6.92 Å². The maximum atomic E-state index is 6.05. The van der Waals surface area contributed by atoms with Crippen molar-refractivity contribution in [3.05, 3.63) is 70.6 Å². The maximum absolute atomic E-state index is 6.05. The highest BCUT2D eigenvalue weighted by molar-refractivity contribution is 5.54. The number of ether oxygens (including phenoxy) is 1. The monoisotopic (exact) mass is 375 g/mol. The number of benzene rings is 2. The fourth-order valence-electron chi connectivity index (χ4n) is 4.14. The van der Waals surface area contributed by atoms with Crippen LogP contribution in [0.1, 0.15) is 60.8 Å². The largest absolute Gasteiger partial charge is 0.493 e. The third-order valence-corrected chi connectivity index (χ3v) is 5.81. The van der Waals surface area contributed by atoms with Crippen LogP contribution in [0.4, 0.5) is 0 Å². The Balaban J connectivity index is 1.42. The number of hydrogen-bond donors (Lipinski definition) is 0. The van der Waals surface area contributed by atoms with Gasteiger partial charge in [-0.05, 0) is 67.5 Å². The summed E-state index contributed by atoms with van der Waals surface area (Å²) < 4.78 is 12.1. The molecule has 0 radical (unpaired) electrons. The first-order valence-corrected chi connectivity index (χ1v) is 10.5. The summed E-state index contributed by atoms with van der Waals surface area (Å²) in [7, 11) is 0. The number of nitrogens with zero attached hydrogens (tertiary/aromatic N) is 1. The molecular formula is C25H29NO2.